The van der Waals surface area contributed by atoms with E-state index in [2.05, 4.69) is 5.32 Å². The van der Waals surface area contributed by atoms with E-state index < -0.39 is 0 Å². The summed E-state index contributed by atoms with van der Waals surface area (Å²) in [6.07, 6.45) is 1.96. The third kappa shape index (κ3) is 3.87. The van der Waals surface area contributed by atoms with Crippen LogP contribution in [0.25, 0.3) is 0 Å². The van der Waals surface area contributed by atoms with Crippen molar-refractivity contribution in [2.45, 2.75) is 25.8 Å². The van der Waals surface area contributed by atoms with Crippen LogP contribution in [0.4, 0.5) is 10.5 Å². The lowest BCUT2D eigenvalue weighted by atomic mass is 10.0. The van der Waals surface area contributed by atoms with Gasteiger partial charge >= 0.3 is 6.03 Å². The monoisotopic (exact) mass is 340 g/mol. The first-order valence-corrected chi connectivity index (χ1v) is 8.66. The van der Waals surface area contributed by atoms with Crippen LogP contribution in [0.1, 0.15) is 31.4 Å². The lowest BCUT2D eigenvalue weighted by Gasteiger charge is -2.26. The van der Waals surface area contributed by atoms with Gasteiger partial charge in [0.05, 0.1) is 25.4 Å². The Morgan fingerprint density at radius 3 is 2.68 bits per heavy atom. The second kappa shape index (κ2) is 7.92. The van der Waals surface area contributed by atoms with E-state index in [4.69, 9.17) is 9.47 Å². The van der Waals surface area contributed by atoms with Crippen molar-refractivity contribution in [3.05, 3.63) is 54.1 Å². The number of amides is 2. The van der Waals surface area contributed by atoms with Crippen LogP contribution >= 0.6 is 0 Å². The van der Waals surface area contributed by atoms with Gasteiger partial charge in [-0.3, -0.25) is 0 Å². The Morgan fingerprint density at radius 1 is 1.20 bits per heavy atom. The number of anilines is 1. The second-order valence-electron chi connectivity index (χ2n) is 5.98. The predicted molar refractivity (Wildman–Crippen MR) is 98.3 cm³/mol. The van der Waals surface area contributed by atoms with E-state index in [0.29, 0.717) is 18.0 Å². The number of nitrogens with one attached hydrogen (secondary N) is 1. The summed E-state index contributed by atoms with van der Waals surface area (Å²) >= 11 is 0. The zero-order valence-corrected chi connectivity index (χ0v) is 14.7. The maximum atomic E-state index is 12.8. The van der Waals surface area contributed by atoms with Crippen LogP contribution in [0, 0.1) is 0 Å². The van der Waals surface area contributed by atoms with Gasteiger partial charge in [-0.2, -0.15) is 0 Å². The van der Waals surface area contributed by atoms with Crippen LogP contribution in [0.15, 0.2) is 48.5 Å². The number of hydrogen-bond acceptors (Lipinski definition) is 3. The fourth-order valence-electron chi connectivity index (χ4n) is 3.24. The van der Waals surface area contributed by atoms with Crippen LogP contribution in [0.3, 0.4) is 0 Å². The van der Waals surface area contributed by atoms with Gasteiger partial charge in [0.2, 0.25) is 0 Å². The maximum absolute atomic E-state index is 12.8. The summed E-state index contributed by atoms with van der Waals surface area (Å²) < 4.78 is 10.8. The molecule has 1 heterocycles. The Morgan fingerprint density at radius 2 is 1.96 bits per heavy atom. The summed E-state index contributed by atoms with van der Waals surface area (Å²) in [4.78, 5) is 14.7. The first-order valence-electron chi connectivity index (χ1n) is 8.66. The molecular formula is C20H24N2O3. The molecule has 2 amide bonds. The topological polar surface area (TPSA) is 50.8 Å². The van der Waals surface area contributed by atoms with E-state index in [9.17, 15) is 4.79 Å². The molecule has 1 N–H and O–H groups in total. The van der Waals surface area contributed by atoms with E-state index in [1.165, 1.54) is 0 Å². The lowest BCUT2D eigenvalue weighted by molar-refractivity contribution is 0.207. The molecule has 2 aromatic rings. The highest BCUT2D eigenvalue weighted by Gasteiger charge is 2.30. The van der Waals surface area contributed by atoms with Gasteiger partial charge in [-0.05, 0) is 49.6 Å². The summed E-state index contributed by atoms with van der Waals surface area (Å²) in [5.74, 6) is 1.52. The number of carbonyl (C=O) groups excluding carboxylic acids is 1. The first-order chi connectivity index (χ1) is 12.2. The predicted octanol–water partition coefficient (Wildman–Crippen LogP) is 4.46. The summed E-state index contributed by atoms with van der Waals surface area (Å²) in [5.41, 5.74) is 1.82. The maximum Gasteiger partial charge on any atom is 0.322 e. The molecule has 0 aliphatic carbocycles. The Kier molecular flexibility index (Phi) is 5.43. The Balaban J connectivity index is 1.73. The average Bonchev–Trinajstić information content (AvgIpc) is 3.13. The number of para-hydroxylation sites is 2. The molecule has 1 aliphatic heterocycles. The highest BCUT2D eigenvalue weighted by atomic mass is 16.5. The number of hydrogen-bond donors (Lipinski definition) is 1. The van der Waals surface area contributed by atoms with E-state index in [1.54, 1.807) is 7.11 Å². The number of benzene rings is 2. The standard InChI is InChI=1S/C20H24N2O3/c1-3-25-16-12-10-15(11-13-16)18-8-6-14-22(18)20(23)21-17-7-4-5-9-19(17)24-2/h4-5,7,9-13,18H,3,6,8,14H2,1-2H3,(H,21,23). The zero-order chi connectivity index (χ0) is 17.6. The molecule has 5 heteroatoms. The summed E-state index contributed by atoms with van der Waals surface area (Å²) in [6, 6.07) is 15.5. The SMILES string of the molecule is CCOc1ccc(C2CCCN2C(=O)Nc2ccccc2OC)cc1. The quantitative estimate of drug-likeness (QED) is 0.874. The van der Waals surface area contributed by atoms with Crippen molar-refractivity contribution < 1.29 is 14.3 Å². The molecule has 2 aromatic carbocycles. The molecule has 1 aliphatic rings. The molecular weight excluding hydrogens is 316 g/mol. The summed E-state index contributed by atoms with van der Waals surface area (Å²) in [6.45, 7) is 3.36. The van der Waals surface area contributed by atoms with Crippen LogP contribution < -0.4 is 14.8 Å². The number of likely N-dealkylation sites (tertiary alicyclic amines) is 1. The molecule has 1 saturated heterocycles. The van der Waals surface area contributed by atoms with Gasteiger partial charge in [0, 0.05) is 6.54 Å². The van der Waals surface area contributed by atoms with E-state index >= 15 is 0 Å². The van der Waals surface area contributed by atoms with Crippen molar-refractivity contribution >= 4 is 11.7 Å². The van der Waals surface area contributed by atoms with Gasteiger partial charge in [0.25, 0.3) is 0 Å². The summed E-state index contributed by atoms with van der Waals surface area (Å²) in [7, 11) is 1.60. The molecule has 0 radical (unpaired) electrons. The minimum Gasteiger partial charge on any atom is -0.495 e. The fourth-order valence-corrected chi connectivity index (χ4v) is 3.24. The number of urea groups is 1. The number of methoxy groups -OCH3 is 1. The molecule has 0 aromatic heterocycles. The number of carbonyl (C=O) groups is 1. The molecule has 132 valence electrons. The Bertz CT molecular complexity index is 715. The molecule has 25 heavy (non-hydrogen) atoms. The molecule has 0 bridgehead atoms. The van der Waals surface area contributed by atoms with Crippen LogP contribution in [0.2, 0.25) is 0 Å². The third-order valence-corrected chi connectivity index (χ3v) is 4.44. The smallest absolute Gasteiger partial charge is 0.322 e. The fraction of sp³-hybridized carbons (Fsp3) is 0.350. The number of nitrogens with zero attached hydrogens (tertiary/aromatic N) is 1. The lowest BCUT2D eigenvalue weighted by Crippen LogP contribution is -2.34. The highest BCUT2D eigenvalue weighted by Crippen LogP contribution is 2.34. The van der Waals surface area contributed by atoms with Crippen molar-refractivity contribution in [2.75, 3.05) is 25.6 Å². The Labute approximate surface area is 148 Å². The second-order valence-corrected chi connectivity index (χ2v) is 5.98. The third-order valence-electron chi connectivity index (χ3n) is 4.44. The average molecular weight is 340 g/mol. The minimum absolute atomic E-state index is 0.0883. The van der Waals surface area contributed by atoms with Crippen LogP contribution in [0.5, 0.6) is 11.5 Å². The molecule has 1 atom stereocenters. The van der Waals surface area contributed by atoms with E-state index in [-0.39, 0.29) is 12.1 Å². The number of ether oxygens (including phenoxy) is 2. The molecule has 1 fully saturated rings. The van der Waals surface area contributed by atoms with Gasteiger partial charge in [0.1, 0.15) is 11.5 Å². The Hall–Kier alpha value is -2.69. The van der Waals surface area contributed by atoms with E-state index in [0.717, 1.165) is 30.7 Å². The van der Waals surface area contributed by atoms with Gasteiger partial charge < -0.3 is 19.7 Å². The first kappa shape index (κ1) is 17.1. The van der Waals surface area contributed by atoms with Gasteiger partial charge in [0.15, 0.2) is 0 Å². The largest absolute Gasteiger partial charge is 0.495 e. The van der Waals surface area contributed by atoms with Crippen molar-refractivity contribution in [3.63, 3.8) is 0 Å². The van der Waals surface area contributed by atoms with Crippen molar-refractivity contribution in [2.24, 2.45) is 0 Å². The highest BCUT2D eigenvalue weighted by molar-refractivity contribution is 5.91. The van der Waals surface area contributed by atoms with Crippen molar-refractivity contribution in [1.29, 1.82) is 0 Å². The normalized spacial score (nSPS) is 16.6. The minimum atomic E-state index is -0.0964. The molecule has 1 unspecified atom stereocenters. The zero-order valence-electron chi connectivity index (χ0n) is 14.7. The molecule has 5 nitrogen and oxygen atoms in total. The van der Waals surface area contributed by atoms with Crippen LogP contribution in [-0.2, 0) is 0 Å². The van der Waals surface area contributed by atoms with Crippen LogP contribution in [-0.4, -0.2) is 31.2 Å². The van der Waals surface area contributed by atoms with Gasteiger partial charge in [-0.15, -0.1) is 0 Å². The van der Waals surface area contributed by atoms with Gasteiger partial charge in [-0.1, -0.05) is 24.3 Å². The molecule has 0 spiro atoms. The number of rotatable bonds is 5. The summed E-state index contributed by atoms with van der Waals surface area (Å²) in [5, 5.41) is 2.97. The van der Waals surface area contributed by atoms with Gasteiger partial charge in [-0.25, -0.2) is 4.79 Å². The van der Waals surface area contributed by atoms with Crippen molar-refractivity contribution in [3.8, 4) is 11.5 Å². The molecule has 3 rings (SSSR count). The van der Waals surface area contributed by atoms with E-state index in [1.807, 2.05) is 60.4 Å². The van der Waals surface area contributed by atoms with Crippen molar-refractivity contribution in [1.82, 2.24) is 4.90 Å². The molecule has 0 saturated carbocycles.